The molecule has 0 aliphatic carbocycles. The number of anilines is 1. The first-order valence-electron chi connectivity index (χ1n) is 11.4. The minimum absolute atomic E-state index is 0.0302. The maximum atomic E-state index is 13.1. The number of fused-ring (bicyclic) bond motifs is 2. The summed E-state index contributed by atoms with van der Waals surface area (Å²) < 4.78 is 2.00. The summed E-state index contributed by atoms with van der Waals surface area (Å²) in [5, 5.41) is 25.5. The van der Waals surface area contributed by atoms with Crippen molar-refractivity contribution in [1.29, 1.82) is 5.26 Å². The summed E-state index contributed by atoms with van der Waals surface area (Å²) >= 11 is 0. The van der Waals surface area contributed by atoms with Gasteiger partial charge in [-0.1, -0.05) is 18.2 Å². The van der Waals surface area contributed by atoms with Crippen molar-refractivity contribution in [3.63, 3.8) is 0 Å². The van der Waals surface area contributed by atoms with E-state index < -0.39 is 5.97 Å². The lowest BCUT2D eigenvalue weighted by Gasteiger charge is -2.30. The highest BCUT2D eigenvalue weighted by Crippen LogP contribution is 2.35. The number of carboxylic acid groups (broad SMARTS) is 1. The Morgan fingerprint density at radius 2 is 1.97 bits per heavy atom. The van der Waals surface area contributed by atoms with Crippen molar-refractivity contribution in [2.24, 2.45) is 0 Å². The van der Waals surface area contributed by atoms with Crippen LogP contribution in [0.3, 0.4) is 0 Å². The van der Waals surface area contributed by atoms with Gasteiger partial charge >= 0.3 is 0 Å². The number of aromatic nitrogens is 3. The predicted molar refractivity (Wildman–Crippen MR) is 129 cm³/mol. The molecule has 2 aliphatic heterocycles. The maximum Gasteiger partial charge on any atom is 0.300 e. The van der Waals surface area contributed by atoms with Gasteiger partial charge in [0.1, 0.15) is 17.5 Å². The number of carbonyl (C=O) groups excluding carboxylic acids is 1. The molecule has 0 unspecified atom stereocenters. The van der Waals surface area contributed by atoms with E-state index in [9.17, 15) is 10.1 Å². The average molecular weight is 474 g/mol. The number of nitrogens with one attached hydrogen (secondary N) is 1. The Balaban J connectivity index is 0.000000672. The van der Waals surface area contributed by atoms with Gasteiger partial charge in [0, 0.05) is 56.2 Å². The third-order valence-electron chi connectivity index (χ3n) is 5.95. The number of hydrogen-bond donors (Lipinski definition) is 3. The van der Waals surface area contributed by atoms with E-state index >= 15 is 0 Å². The molecule has 0 fully saturated rings. The zero-order chi connectivity index (χ0) is 24.9. The van der Waals surface area contributed by atoms with E-state index in [1.807, 2.05) is 46.0 Å². The molecule has 35 heavy (non-hydrogen) atoms. The van der Waals surface area contributed by atoms with Crippen molar-refractivity contribution in [1.82, 2.24) is 25.0 Å². The molecule has 0 saturated heterocycles. The lowest BCUT2D eigenvalue weighted by Crippen LogP contribution is -2.37. The molecule has 3 aromatic rings. The van der Waals surface area contributed by atoms with Gasteiger partial charge in [-0.25, -0.2) is 4.98 Å². The number of benzene rings is 1. The number of nitrogen functional groups attached to an aromatic ring is 1. The third kappa shape index (κ3) is 5.15. The summed E-state index contributed by atoms with van der Waals surface area (Å²) in [6, 6.07) is 13.5. The minimum atomic E-state index is -0.833. The molecule has 0 bridgehead atoms. The Labute approximate surface area is 203 Å². The van der Waals surface area contributed by atoms with E-state index in [4.69, 9.17) is 20.7 Å². The first-order valence-corrected chi connectivity index (χ1v) is 11.4. The Hall–Kier alpha value is -4.23. The van der Waals surface area contributed by atoms with Crippen LogP contribution < -0.4 is 11.1 Å². The molecule has 0 spiro atoms. The van der Waals surface area contributed by atoms with Gasteiger partial charge < -0.3 is 21.1 Å². The molecule has 0 saturated carbocycles. The smallest absolute Gasteiger partial charge is 0.300 e. The summed E-state index contributed by atoms with van der Waals surface area (Å²) in [6.45, 7) is 4.53. The normalized spacial score (nSPS) is 14.5. The van der Waals surface area contributed by atoms with Crippen molar-refractivity contribution < 1.29 is 14.7 Å². The minimum Gasteiger partial charge on any atom is -0.481 e. The molecule has 1 amide bonds. The lowest BCUT2D eigenvalue weighted by molar-refractivity contribution is -0.134. The van der Waals surface area contributed by atoms with E-state index in [-0.39, 0.29) is 11.7 Å². The summed E-state index contributed by atoms with van der Waals surface area (Å²) in [4.78, 5) is 28.4. The van der Waals surface area contributed by atoms with Crippen molar-refractivity contribution in [3.8, 4) is 17.3 Å². The van der Waals surface area contributed by atoms with Gasteiger partial charge in [-0.15, -0.1) is 0 Å². The van der Waals surface area contributed by atoms with Crippen LogP contribution in [0.1, 0.15) is 46.2 Å². The molecule has 180 valence electrons. The number of aryl methyl sites for hydroxylation is 1. The first kappa shape index (κ1) is 23.9. The second-order valence-corrected chi connectivity index (χ2v) is 8.42. The highest BCUT2D eigenvalue weighted by molar-refractivity contribution is 5.94. The number of nitrogens with zero attached hydrogens (tertiary/aromatic N) is 5. The van der Waals surface area contributed by atoms with Gasteiger partial charge in [0.15, 0.2) is 0 Å². The molecule has 10 nitrogen and oxygen atoms in total. The molecule has 2 aliphatic rings. The SMILES string of the molecule is CC(=O)O.N#Cc1c(N)nc2c(c1-c1cc3n(n1)CCCNC3)CN(C(=O)c1ccccc1)CC2. The van der Waals surface area contributed by atoms with Crippen LogP contribution in [0.2, 0.25) is 0 Å². The summed E-state index contributed by atoms with van der Waals surface area (Å²) in [6.07, 6.45) is 1.58. The quantitative estimate of drug-likeness (QED) is 0.512. The zero-order valence-corrected chi connectivity index (χ0v) is 19.5. The Morgan fingerprint density at radius 1 is 1.23 bits per heavy atom. The monoisotopic (exact) mass is 473 g/mol. The standard InChI is InChI=1S/C23H23N7O.C2H4O2/c24-12-17-21(20-11-16-13-26-8-4-9-30(16)28-20)18-14-29(10-7-19(18)27-22(17)25)23(31)15-5-2-1-3-6-15;1-2(3)4/h1-3,5-6,11,26H,4,7-10,13-14H2,(H2,25,27);1H3,(H,3,4). The number of carboxylic acids is 1. The van der Waals surface area contributed by atoms with Crippen LogP contribution in [0, 0.1) is 11.3 Å². The highest BCUT2D eigenvalue weighted by Gasteiger charge is 2.29. The number of amides is 1. The second-order valence-electron chi connectivity index (χ2n) is 8.42. The number of carbonyl (C=O) groups is 2. The van der Waals surface area contributed by atoms with E-state index in [1.165, 1.54) is 0 Å². The lowest BCUT2D eigenvalue weighted by atomic mass is 9.93. The summed E-state index contributed by atoms with van der Waals surface area (Å²) in [7, 11) is 0. The Bertz CT molecular complexity index is 1270. The van der Waals surface area contributed by atoms with Crippen LogP contribution >= 0.6 is 0 Å². The average Bonchev–Trinajstić information content (AvgIpc) is 3.12. The Morgan fingerprint density at radius 3 is 2.69 bits per heavy atom. The molecule has 0 atom stereocenters. The number of hydrogen-bond acceptors (Lipinski definition) is 7. The Kier molecular flexibility index (Phi) is 7.08. The van der Waals surface area contributed by atoms with Crippen LogP contribution in [0.15, 0.2) is 36.4 Å². The van der Waals surface area contributed by atoms with Gasteiger partial charge in [0.2, 0.25) is 0 Å². The van der Waals surface area contributed by atoms with Gasteiger partial charge in [-0.2, -0.15) is 10.4 Å². The molecule has 2 aromatic heterocycles. The molecular formula is C25H27N7O3. The molecule has 5 rings (SSSR count). The summed E-state index contributed by atoms with van der Waals surface area (Å²) in [5.41, 5.74) is 11.3. The van der Waals surface area contributed by atoms with Crippen LogP contribution in [0.4, 0.5) is 5.82 Å². The van der Waals surface area contributed by atoms with Crippen LogP contribution in [0.5, 0.6) is 0 Å². The van der Waals surface area contributed by atoms with Crippen molar-refractivity contribution in [2.45, 2.75) is 39.4 Å². The zero-order valence-electron chi connectivity index (χ0n) is 19.5. The van der Waals surface area contributed by atoms with E-state index in [2.05, 4.69) is 16.4 Å². The van der Waals surface area contributed by atoms with Crippen LogP contribution in [0.25, 0.3) is 11.3 Å². The van der Waals surface area contributed by atoms with Gasteiger partial charge in [-0.3, -0.25) is 14.3 Å². The van der Waals surface area contributed by atoms with Crippen molar-refractivity contribution >= 4 is 17.7 Å². The second kappa shape index (κ2) is 10.4. The van der Waals surface area contributed by atoms with Crippen LogP contribution in [-0.2, 0) is 30.8 Å². The molecular weight excluding hydrogens is 446 g/mol. The van der Waals surface area contributed by atoms with E-state index in [1.54, 1.807) is 0 Å². The van der Waals surface area contributed by atoms with E-state index in [0.29, 0.717) is 36.2 Å². The number of pyridine rings is 1. The van der Waals surface area contributed by atoms with Crippen molar-refractivity contribution in [3.05, 3.63) is 64.5 Å². The number of nitriles is 1. The predicted octanol–water partition coefficient (Wildman–Crippen LogP) is 2.18. The fourth-order valence-electron chi connectivity index (χ4n) is 4.40. The number of rotatable bonds is 2. The maximum absolute atomic E-state index is 13.1. The molecule has 10 heteroatoms. The fraction of sp³-hybridized carbons (Fsp3) is 0.320. The fourth-order valence-corrected chi connectivity index (χ4v) is 4.40. The van der Waals surface area contributed by atoms with Gasteiger partial charge in [-0.05, 0) is 31.2 Å². The van der Waals surface area contributed by atoms with Gasteiger partial charge in [0.25, 0.3) is 11.9 Å². The van der Waals surface area contributed by atoms with E-state index in [0.717, 1.165) is 55.6 Å². The number of aliphatic carboxylic acids is 1. The highest BCUT2D eigenvalue weighted by atomic mass is 16.4. The largest absolute Gasteiger partial charge is 0.481 e. The molecule has 4 N–H and O–H groups in total. The molecule has 1 aromatic carbocycles. The molecule has 4 heterocycles. The third-order valence-corrected chi connectivity index (χ3v) is 5.95. The van der Waals surface area contributed by atoms with Gasteiger partial charge in [0.05, 0.1) is 17.1 Å². The van der Waals surface area contributed by atoms with Crippen LogP contribution in [-0.4, -0.2) is 49.7 Å². The number of nitrogens with two attached hydrogens (primary N) is 1. The topological polar surface area (TPSA) is 150 Å². The summed E-state index contributed by atoms with van der Waals surface area (Å²) in [5.74, 6) is -0.641. The first-order chi connectivity index (χ1) is 16.9. The van der Waals surface area contributed by atoms with Crippen molar-refractivity contribution in [2.75, 3.05) is 18.8 Å². The molecule has 0 radical (unpaired) electrons.